The maximum absolute atomic E-state index is 12.8. The molecule has 0 saturated carbocycles. The van der Waals surface area contributed by atoms with Crippen LogP contribution in [0.4, 0.5) is 4.79 Å². The van der Waals surface area contributed by atoms with Gasteiger partial charge in [-0.15, -0.1) is 4.28 Å². The lowest BCUT2D eigenvalue weighted by Gasteiger charge is -2.31. The minimum absolute atomic E-state index is 0.00976. The van der Waals surface area contributed by atoms with Crippen LogP contribution in [0, 0.1) is 0 Å². The summed E-state index contributed by atoms with van der Waals surface area (Å²) in [6.07, 6.45) is 4.20. The predicted octanol–water partition coefficient (Wildman–Crippen LogP) is -1.98. The number of aromatic nitrogens is 2. The smallest absolute Gasteiger partial charge is 0.309 e. The molecular weight excluding hydrogens is 422 g/mol. The number of nitrogens with zero attached hydrogens (tertiary/aromatic N) is 5. The zero-order chi connectivity index (χ0) is 21.6. The molecule has 3 saturated heterocycles. The molecule has 4 N–H and O–H groups in total. The fraction of sp³-hybridized carbons (Fsp3) is 0.600. The van der Waals surface area contributed by atoms with Gasteiger partial charge in [0, 0.05) is 25.5 Å². The number of fused-ring (bicyclic) bond motifs is 2. The van der Waals surface area contributed by atoms with Gasteiger partial charge in [0.05, 0.1) is 18.1 Å². The summed E-state index contributed by atoms with van der Waals surface area (Å²) in [6, 6.07) is -1.55. The molecule has 3 fully saturated rings. The van der Waals surface area contributed by atoms with Crippen molar-refractivity contribution in [2.45, 2.75) is 43.4 Å². The first-order chi connectivity index (χ1) is 14.2. The molecular formula is C15H21N7O7S. The maximum Gasteiger partial charge on any atom is 0.418 e. The number of nitrogens with two attached hydrogens (primary N) is 1. The normalized spacial score (nSPS) is 28.8. The van der Waals surface area contributed by atoms with Gasteiger partial charge in [-0.05, 0) is 25.3 Å². The summed E-state index contributed by atoms with van der Waals surface area (Å²) >= 11 is 0. The van der Waals surface area contributed by atoms with E-state index in [-0.39, 0.29) is 25.4 Å². The fourth-order valence-corrected chi connectivity index (χ4v) is 4.52. The SMILES string of the molecule is NN(C(=O)[C@@H]1C[C@@H](n2cccn2)CN1)C(=O)[C@@H]1CC[C@@H]2CN1C(=O)N2OS(=O)(=O)O. The number of hydrazine groups is 1. The van der Waals surface area contributed by atoms with E-state index in [2.05, 4.69) is 14.7 Å². The van der Waals surface area contributed by atoms with Gasteiger partial charge in [0.15, 0.2) is 0 Å². The highest BCUT2D eigenvalue weighted by atomic mass is 32.3. The third kappa shape index (κ3) is 3.77. The monoisotopic (exact) mass is 443 g/mol. The molecule has 2 bridgehead atoms. The summed E-state index contributed by atoms with van der Waals surface area (Å²) in [5, 5.41) is 8.20. The Kier molecular flexibility index (Phi) is 5.23. The summed E-state index contributed by atoms with van der Waals surface area (Å²) in [5.74, 6) is 4.40. The number of nitrogens with one attached hydrogen (secondary N) is 1. The van der Waals surface area contributed by atoms with Crippen LogP contribution >= 0.6 is 0 Å². The molecule has 4 rings (SSSR count). The molecule has 4 amide bonds. The first kappa shape index (κ1) is 20.7. The Labute approximate surface area is 171 Å². The molecule has 0 aromatic carbocycles. The molecule has 14 nitrogen and oxygen atoms in total. The highest BCUT2D eigenvalue weighted by molar-refractivity contribution is 7.80. The minimum atomic E-state index is -4.89. The van der Waals surface area contributed by atoms with E-state index in [1.165, 1.54) is 0 Å². The Morgan fingerprint density at radius 3 is 2.73 bits per heavy atom. The third-order valence-corrected chi connectivity index (χ3v) is 5.91. The lowest BCUT2D eigenvalue weighted by molar-refractivity contribution is -0.149. The number of hydrogen-bond donors (Lipinski definition) is 3. The Hall–Kier alpha value is -2.59. The van der Waals surface area contributed by atoms with E-state index in [4.69, 9.17) is 10.4 Å². The van der Waals surface area contributed by atoms with Gasteiger partial charge >= 0.3 is 16.4 Å². The fourth-order valence-electron chi connectivity index (χ4n) is 4.13. The topological polar surface area (TPSA) is 180 Å². The van der Waals surface area contributed by atoms with Crippen molar-refractivity contribution < 1.29 is 31.6 Å². The van der Waals surface area contributed by atoms with E-state index in [9.17, 15) is 22.8 Å². The molecule has 0 spiro atoms. The molecule has 0 radical (unpaired) electrons. The first-order valence-corrected chi connectivity index (χ1v) is 10.6. The van der Waals surface area contributed by atoms with Crippen LogP contribution in [0.5, 0.6) is 0 Å². The molecule has 4 heterocycles. The van der Waals surface area contributed by atoms with Crippen molar-refractivity contribution in [2.75, 3.05) is 13.1 Å². The van der Waals surface area contributed by atoms with E-state index in [0.29, 0.717) is 23.0 Å². The Bertz CT molecular complexity index is 953. The second-order valence-electron chi connectivity index (χ2n) is 7.39. The number of amides is 4. The second kappa shape index (κ2) is 7.59. The van der Waals surface area contributed by atoms with Gasteiger partial charge in [-0.3, -0.25) is 18.8 Å². The Morgan fingerprint density at radius 1 is 1.30 bits per heavy atom. The van der Waals surface area contributed by atoms with E-state index >= 15 is 0 Å². The van der Waals surface area contributed by atoms with Gasteiger partial charge in [0.25, 0.3) is 11.8 Å². The molecule has 4 atom stereocenters. The maximum atomic E-state index is 12.8. The standard InChI is InChI=1S/C15H21N7O7S/c16-21(13(23)11-6-10(7-17-11)20-5-1-4-18-20)14(24)12-3-2-9-8-19(12)15(25)22(9)29-30(26,27)28/h1,4-5,9-12,17H,2-3,6-8,16H2,(H,26,27,28)/t9-,10-,11+,12+/m1/s1. The molecule has 1 aromatic rings. The van der Waals surface area contributed by atoms with Crippen molar-refractivity contribution in [3.63, 3.8) is 0 Å². The molecule has 15 heteroatoms. The summed E-state index contributed by atoms with van der Waals surface area (Å²) in [7, 11) is -4.89. The van der Waals surface area contributed by atoms with Gasteiger partial charge in [-0.1, -0.05) is 0 Å². The Morgan fingerprint density at radius 2 is 2.07 bits per heavy atom. The number of hydrogen-bond acceptors (Lipinski definition) is 9. The summed E-state index contributed by atoms with van der Waals surface area (Å²) < 4.78 is 36.8. The van der Waals surface area contributed by atoms with Crippen molar-refractivity contribution in [3.8, 4) is 0 Å². The van der Waals surface area contributed by atoms with Crippen LogP contribution in [0.25, 0.3) is 0 Å². The highest BCUT2D eigenvalue weighted by Gasteiger charge is 2.50. The van der Waals surface area contributed by atoms with E-state index < -0.39 is 46.4 Å². The van der Waals surface area contributed by atoms with Crippen molar-refractivity contribution >= 4 is 28.2 Å². The average molecular weight is 443 g/mol. The number of rotatable bonds is 5. The number of piperidine rings is 1. The van der Waals surface area contributed by atoms with Gasteiger partial charge < -0.3 is 10.2 Å². The van der Waals surface area contributed by atoms with Crippen LogP contribution in [-0.4, -0.2) is 86.8 Å². The summed E-state index contributed by atoms with van der Waals surface area (Å²) in [6.45, 7) is 0.494. The van der Waals surface area contributed by atoms with Crippen molar-refractivity contribution in [1.82, 2.24) is 30.1 Å². The number of carbonyl (C=O) groups excluding carboxylic acids is 3. The van der Waals surface area contributed by atoms with Crippen LogP contribution in [0.15, 0.2) is 18.5 Å². The van der Waals surface area contributed by atoms with Crippen LogP contribution in [0.2, 0.25) is 0 Å². The molecule has 30 heavy (non-hydrogen) atoms. The van der Waals surface area contributed by atoms with Gasteiger partial charge in [-0.2, -0.15) is 18.6 Å². The van der Waals surface area contributed by atoms with E-state index in [1.54, 1.807) is 23.1 Å². The molecule has 3 aliphatic heterocycles. The second-order valence-corrected chi connectivity index (χ2v) is 8.40. The van der Waals surface area contributed by atoms with Crippen molar-refractivity contribution in [2.24, 2.45) is 5.84 Å². The minimum Gasteiger partial charge on any atom is -0.309 e. The number of hydroxylamine groups is 2. The van der Waals surface area contributed by atoms with Gasteiger partial charge in [0.1, 0.15) is 6.04 Å². The summed E-state index contributed by atoms with van der Waals surface area (Å²) in [4.78, 5) is 39.1. The van der Waals surface area contributed by atoms with Crippen LogP contribution in [0.3, 0.4) is 0 Å². The Balaban J connectivity index is 1.41. The zero-order valence-corrected chi connectivity index (χ0v) is 16.5. The molecule has 0 unspecified atom stereocenters. The highest BCUT2D eigenvalue weighted by Crippen LogP contribution is 2.31. The molecule has 3 aliphatic rings. The molecule has 1 aromatic heterocycles. The molecule has 164 valence electrons. The van der Waals surface area contributed by atoms with Crippen LogP contribution in [-0.2, 0) is 24.3 Å². The molecule has 0 aliphatic carbocycles. The average Bonchev–Trinajstić information content (AvgIpc) is 3.43. The van der Waals surface area contributed by atoms with Crippen molar-refractivity contribution in [3.05, 3.63) is 18.5 Å². The third-order valence-electron chi connectivity index (χ3n) is 5.56. The van der Waals surface area contributed by atoms with Gasteiger partial charge in [-0.25, -0.2) is 15.6 Å². The zero-order valence-electron chi connectivity index (χ0n) is 15.7. The number of imide groups is 1. The largest absolute Gasteiger partial charge is 0.418 e. The van der Waals surface area contributed by atoms with Crippen molar-refractivity contribution in [1.29, 1.82) is 0 Å². The van der Waals surface area contributed by atoms with Crippen LogP contribution in [0.1, 0.15) is 25.3 Å². The van der Waals surface area contributed by atoms with E-state index in [1.807, 2.05) is 0 Å². The summed E-state index contributed by atoms with van der Waals surface area (Å²) in [5.41, 5.74) is 0. The lowest BCUT2D eigenvalue weighted by atomic mass is 10.00. The predicted molar refractivity (Wildman–Crippen MR) is 97.1 cm³/mol. The first-order valence-electron chi connectivity index (χ1n) is 9.27. The van der Waals surface area contributed by atoms with E-state index in [0.717, 1.165) is 4.90 Å². The quantitative estimate of drug-likeness (QED) is 0.152. The van der Waals surface area contributed by atoms with Crippen LogP contribution < -0.4 is 11.2 Å². The number of urea groups is 1. The lowest BCUT2D eigenvalue weighted by Crippen LogP contribution is -2.58. The number of carbonyl (C=O) groups is 3. The van der Waals surface area contributed by atoms with Gasteiger partial charge in [0.2, 0.25) is 0 Å².